The van der Waals surface area contributed by atoms with Crippen LogP contribution in [0.4, 0.5) is 42.6 Å². The Bertz CT molecular complexity index is 1000. The van der Waals surface area contributed by atoms with E-state index in [0.29, 0.717) is 56.7 Å². The van der Waals surface area contributed by atoms with E-state index < -0.39 is 35.2 Å². The zero-order chi connectivity index (χ0) is 25.2. The van der Waals surface area contributed by atoms with Crippen molar-refractivity contribution in [1.82, 2.24) is 13.6 Å². The second-order valence-corrected chi connectivity index (χ2v) is 8.66. The summed E-state index contributed by atoms with van der Waals surface area (Å²) < 4.78 is 97.9. The predicted octanol–water partition coefficient (Wildman–Crippen LogP) is 4.35. The SMILES string of the molecule is O=C(Nc1cc(C(F)(F)F)cc(C(F)(F)F)c1)N1CCN(c2nsnc2OCC2CCOC2)CC1. The first-order valence-corrected chi connectivity index (χ1v) is 11.4. The molecule has 2 aliphatic rings. The number of hydrogen-bond donors (Lipinski definition) is 1. The Morgan fingerprint density at radius 1 is 1.06 bits per heavy atom. The molecule has 1 aromatic heterocycles. The van der Waals surface area contributed by atoms with Gasteiger partial charge in [-0.1, -0.05) is 0 Å². The predicted molar refractivity (Wildman–Crippen MR) is 114 cm³/mol. The van der Waals surface area contributed by atoms with Crippen molar-refractivity contribution in [3.63, 3.8) is 0 Å². The third kappa shape index (κ3) is 6.25. The number of hydrogen-bond acceptors (Lipinski definition) is 7. The van der Waals surface area contributed by atoms with Gasteiger partial charge in [-0.2, -0.15) is 30.7 Å². The van der Waals surface area contributed by atoms with E-state index >= 15 is 0 Å². The van der Waals surface area contributed by atoms with Gasteiger partial charge in [0.15, 0.2) is 0 Å². The minimum atomic E-state index is -5.00. The van der Waals surface area contributed by atoms with Crippen LogP contribution in [0.2, 0.25) is 0 Å². The Labute approximate surface area is 200 Å². The van der Waals surface area contributed by atoms with Crippen LogP contribution in [0.25, 0.3) is 0 Å². The van der Waals surface area contributed by atoms with Crippen LogP contribution in [0.1, 0.15) is 17.5 Å². The lowest BCUT2D eigenvalue weighted by molar-refractivity contribution is -0.143. The molecule has 15 heteroatoms. The number of aromatic nitrogens is 2. The first-order chi connectivity index (χ1) is 16.5. The molecule has 2 saturated heterocycles. The number of amides is 2. The summed E-state index contributed by atoms with van der Waals surface area (Å²) >= 11 is 0.983. The molecule has 3 heterocycles. The van der Waals surface area contributed by atoms with Gasteiger partial charge in [0.25, 0.3) is 5.88 Å². The molecule has 0 spiro atoms. The third-order valence-corrected chi connectivity index (χ3v) is 6.13. The van der Waals surface area contributed by atoms with E-state index in [0.717, 1.165) is 18.1 Å². The number of urea groups is 1. The van der Waals surface area contributed by atoms with E-state index in [2.05, 4.69) is 14.1 Å². The van der Waals surface area contributed by atoms with Crippen LogP contribution in [0.5, 0.6) is 5.88 Å². The fraction of sp³-hybridized carbons (Fsp3) is 0.550. The number of alkyl halides is 6. The maximum absolute atomic E-state index is 13.1. The number of nitrogens with zero attached hydrogens (tertiary/aromatic N) is 4. The van der Waals surface area contributed by atoms with Gasteiger partial charge in [-0.15, -0.1) is 4.37 Å². The molecule has 1 unspecified atom stereocenters. The summed E-state index contributed by atoms with van der Waals surface area (Å²) in [5.74, 6) is 1.18. The van der Waals surface area contributed by atoms with Crippen LogP contribution >= 0.6 is 11.7 Å². The van der Waals surface area contributed by atoms with Crippen molar-refractivity contribution in [2.45, 2.75) is 18.8 Å². The maximum Gasteiger partial charge on any atom is 0.416 e. The quantitative estimate of drug-likeness (QED) is 0.585. The van der Waals surface area contributed by atoms with Crippen molar-refractivity contribution < 1.29 is 40.6 Å². The van der Waals surface area contributed by atoms with Crippen LogP contribution < -0.4 is 15.0 Å². The number of nitrogens with one attached hydrogen (secondary N) is 1. The van der Waals surface area contributed by atoms with E-state index in [-0.39, 0.29) is 25.1 Å². The van der Waals surface area contributed by atoms with E-state index in [1.807, 2.05) is 4.90 Å². The zero-order valence-electron chi connectivity index (χ0n) is 18.2. The molecule has 2 fully saturated rings. The number of piperazine rings is 1. The minimum absolute atomic E-state index is 0.00963. The standard InChI is InChI=1S/C20H21F6N5O3S/c21-19(22,23)13-7-14(20(24,25)26)9-15(8-13)27-18(32)31-4-2-30(3-5-31)16-17(29-35-28-16)34-11-12-1-6-33-10-12/h7-9,12H,1-6,10-11H2,(H,27,32). The highest BCUT2D eigenvalue weighted by Gasteiger charge is 2.37. The molecule has 0 saturated carbocycles. The largest absolute Gasteiger partial charge is 0.474 e. The van der Waals surface area contributed by atoms with E-state index in [9.17, 15) is 31.1 Å². The molecule has 1 N–H and O–H groups in total. The van der Waals surface area contributed by atoms with Crippen LogP contribution in [0.15, 0.2) is 18.2 Å². The van der Waals surface area contributed by atoms with E-state index in [4.69, 9.17) is 9.47 Å². The van der Waals surface area contributed by atoms with Crippen molar-refractivity contribution in [3.8, 4) is 5.88 Å². The van der Waals surface area contributed by atoms with Gasteiger partial charge in [0.1, 0.15) is 0 Å². The van der Waals surface area contributed by atoms with Crippen LogP contribution in [-0.4, -0.2) is 65.7 Å². The number of carbonyl (C=O) groups is 1. The molecule has 1 atom stereocenters. The fourth-order valence-corrected chi connectivity index (χ4v) is 4.24. The molecule has 0 radical (unpaired) electrons. The van der Waals surface area contributed by atoms with Crippen molar-refractivity contribution >= 4 is 29.3 Å². The van der Waals surface area contributed by atoms with Crippen LogP contribution in [0.3, 0.4) is 0 Å². The molecular formula is C20H21F6N5O3S. The zero-order valence-corrected chi connectivity index (χ0v) is 19.0. The highest BCUT2D eigenvalue weighted by molar-refractivity contribution is 6.99. The average Bonchev–Trinajstić information content (AvgIpc) is 3.48. The number of carbonyl (C=O) groups excluding carboxylic acids is 1. The molecule has 35 heavy (non-hydrogen) atoms. The van der Waals surface area contributed by atoms with Crippen molar-refractivity contribution in [1.29, 1.82) is 0 Å². The average molecular weight is 525 g/mol. The highest BCUT2D eigenvalue weighted by Crippen LogP contribution is 2.37. The molecule has 0 bridgehead atoms. The molecule has 4 rings (SSSR count). The highest BCUT2D eigenvalue weighted by atomic mass is 32.1. The first-order valence-electron chi connectivity index (χ1n) is 10.6. The Morgan fingerprint density at radius 2 is 1.71 bits per heavy atom. The summed E-state index contributed by atoms with van der Waals surface area (Å²) in [6.07, 6.45) is -9.10. The van der Waals surface area contributed by atoms with Crippen molar-refractivity contribution in [2.75, 3.05) is 56.2 Å². The van der Waals surface area contributed by atoms with Crippen molar-refractivity contribution in [3.05, 3.63) is 29.3 Å². The second kappa shape index (κ2) is 10.0. The summed E-state index contributed by atoms with van der Waals surface area (Å²) in [5, 5.41) is 2.16. The van der Waals surface area contributed by atoms with Crippen LogP contribution in [-0.2, 0) is 17.1 Å². The normalized spacial score (nSPS) is 19.2. The molecule has 2 amide bonds. The van der Waals surface area contributed by atoms with Gasteiger partial charge in [0, 0.05) is 44.4 Å². The minimum Gasteiger partial charge on any atom is -0.474 e. The topological polar surface area (TPSA) is 79.8 Å². The number of ether oxygens (including phenoxy) is 2. The molecular weight excluding hydrogens is 504 g/mol. The third-order valence-electron chi connectivity index (χ3n) is 5.63. The molecule has 2 aromatic rings. The Balaban J connectivity index is 1.37. The van der Waals surface area contributed by atoms with Gasteiger partial charge in [-0.05, 0) is 24.6 Å². The summed E-state index contributed by atoms with van der Waals surface area (Å²) in [6, 6.07) is 0.161. The van der Waals surface area contributed by atoms with Gasteiger partial charge in [-0.3, -0.25) is 0 Å². The fourth-order valence-electron chi connectivity index (χ4n) is 3.72. The lowest BCUT2D eigenvalue weighted by atomic mass is 10.1. The second-order valence-electron chi connectivity index (χ2n) is 8.13. The van der Waals surface area contributed by atoms with Gasteiger partial charge < -0.3 is 24.6 Å². The lowest BCUT2D eigenvalue weighted by Gasteiger charge is -2.34. The van der Waals surface area contributed by atoms with Gasteiger partial charge >= 0.3 is 18.4 Å². The summed E-state index contributed by atoms with van der Waals surface area (Å²) in [5.41, 5.74) is -3.59. The smallest absolute Gasteiger partial charge is 0.416 e. The lowest BCUT2D eigenvalue weighted by Crippen LogP contribution is -2.50. The van der Waals surface area contributed by atoms with E-state index in [1.54, 1.807) is 0 Å². The summed E-state index contributed by atoms with van der Waals surface area (Å²) in [4.78, 5) is 15.7. The molecule has 8 nitrogen and oxygen atoms in total. The Kier molecular flexibility index (Phi) is 7.26. The van der Waals surface area contributed by atoms with Crippen molar-refractivity contribution in [2.24, 2.45) is 5.92 Å². The van der Waals surface area contributed by atoms with Gasteiger partial charge in [-0.25, -0.2) is 4.79 Å². The Hall–Kier alpha value is -2.81. The Morgan fingerprint density at radius 3 is 2.29 bits per heavy atom. The van der Waals surface area contributed by atoms with E-state index in [1.165, 1.54) is 4.90 Å². The molecule has 0 aliphatic carbocycles. The number of rotatable bonds is 5. The molecule has 2 aliphatic heterocycles. The van der Waals surface area contributed by atoms with Gasteiger partial charge in [0.05, 0.1) is 36.1 Å². The van der Waals surface area contributed by atoms with Gasteiger partial charge in [0.2, 0.25) is 5.82 Å². The number of halogens is 6. The molecule has 192 valence electrons. The molecule has 1 aromatic carbocycles. The van der Waals surface area contributed by atoms with Crippen LogP contribution in [0, 0.1) is 5.92 Å². The number of anilines is 2. The monoisotopic (exact) mass is 525 g/mol. The maximum atomic E-state index is 13.1. The summed E-state index contributed by atoms with van der Waals surface area (Å²) in [6.45, 7) is 2.76. The first kappa shape index (κ1) is 25.3. The number of benzene rings is 1. The summed E-state index contributed by atoms with van der Waals surface area (Å²) in [7, 11) is 0.